The number of anilines is 4. The molecule has 4 rings (SSSR count). The Morgan fingerprint density at radius 3 is 2.38 bits per heavy atom. The van der Waals surface area contributed by atoms with Crippen molar-refractivity contribution in [1.82, 2.24) is 9.97 Å². The van der Waals surface area contributed by atoms with Crippen LogP contribution in [0.4, 0.5) is 22.9 Å². The highest BCUT2D eigenvalue weighted by Gasteiger charge is 2.12. The number of hydrogen-bond donors (Lipinski definition) is 2. The first kappa shape index (κ1) is 18.9. The lowest BCUT2D eigenvalue weighted by Gasteiger charge is -2.28. The maximum atomic E-state index is 12.5. The fourth-order valence-electron chi connectivity index (χ4n) is 3.46. The maximum Gasteiger partial charge on any atom is 0.275 e. The van der Waals surface area contributed by atoms with E-state index in [-0.39, 0.29) is 11.6 Å². The van der Waals surface area contributed by atoms with E-state index in [0.717, 1.165) is 30.0 Å². The molecule has 1 saturated heterocycles. The predicted molar refractivity (Wildman–Crippen MR) is 117 cm³/mol. The van der Waals surface area contributed by atoms with Crippen LogP contribution in [0.25, 0.3) is 0 Å². The molecule has 1 aromatic heterocycles. The Bertz CT molecular complexity index is 963. The lowest BCUT2D eigenvalue weighted by molar-refractivity contribution is 0.102. The average molecular weight is 387 g/mol. The van der Waals surface area contributed by atoms with Gasteiger partial charge in [-0.2, -0.15) is 0 Å². The second-order valence-electron chi connectivity index (χ2n) is 7.28. The van der Waals surface area contributed by atoms with Crippen molar-refractivity contribution in [2.75, 3.05) is 28.6 Å². The van der Waals surface area contributed by atoms with E-state index < -0.39 is 0 Å². The number of para-hydroxylation sites is 1. The van der Waals surface area contributed by atoms with Gasteiger partial charge in [0.05, 0.1) is 12.4 Å². The highest BCUT2D eigenvalue weighted by Crippen LogP contribution is 2.22. The van der Waals surface area contributed by atoms with Crippen molar-refractivity contribution in [3.8, 4) is 0 Å². The number of hydrogen-bond acceptors (Lipinski definition) is 5. The minimum absolute atomic E-state index is 0.273. The van der Waals surface area contributed by atoms with Gasteiger partial charge in [-0.3, -0.25) is 4.79 Å². The quantitative estimate of drug-likeness (QED) is 0.660. The van der Waals surface area contributed by atoms with E-state index in [0.29, 0.717) is 5.82 Å². The van der Waals surface area contributed by atoms with Crippen LogP contribution in [0.2, 0.25) is 0 Å². The van der Waals surface area contributed by atoms with Crippen LogP contribution in [0.3, 0.4) is 0 Å². The van der Waals surface area contributed by atoms with Gasteiger partial charge in [0.2, 0.25) is 0 Å². The highest BCUT2D eigenvalue weighted by atomic mass is 16.1. The third-order valence-corrected chi connectivity index (χ3v) is 5.14. The molecule has 1 fully saturated rings. The van der Waals surface area contributed by atoms with Crippen LogP contribution in [0, 0.1) is 6.92 Å². The molecule has 2 N–H and O–H groups in total. The van der Waals surface area contributed by atoms with Gasteiger partial charge < -0.3 is 15.5 Å². The molecule has 6 nitrogen and oxygen atoms in total. The molecule has 148 valence electrons. The lowest BCUT2D eigenvalue weighted by Crippen LogP contribution is -2.29. The summed E-state index contributed by atoms with van der Waals surface area (Å²) in [5.74, 6) is 0.326. The van der Waals surface area contributed by atoms with Gasteiger partial charge in [-0.25, -0.2) is 9.97 Å². The first-order valence-corrected chi connectivity index (χ1v) is 10.00. The highest BCUT2D eigenvalue weighted by molar-refractivity contribution is 6.02. The van der Waals surface area contributed by atoms with E-state index in [1.807, 2.05) is 43.3 Å². The zero-order valence-corrected chi connectivity index (χ0v) is 16.6. The zero-order valence-electron chi connectivity index (χ0n) is 16.6. The largest absolute Gasteiger partial charge is 0.372 e. The molecule has 0 atom stereocenters. The summed E-state index contributed by atoms with van der Waals surface area (Å²) in [4.78, 5) is 23.4. The van der Waals surface area contributed by atoms with Crippen molar-refractivity contribution < 1.29 is 4.79 Å². The Morgan fingerprint density at radius 2 is 1.69 bits per heavy atom. The smallest absolute Gasteiger partial charge is 0.275 e. The molecule has 0 aliphatic carbocycles. The number of carbonyl (C=O) groups is 1. The fraction of sp³-hybridized carbons (Fsp3) is 0.261. The van der Waals surface area contributed by atoms with Crippen LogP contribution in [-0.2, 0) is 0 Å². The monoisotopic (exact) mass is 387 g/mol. The molecule has 6 heteroatoms. The van der Waals surface area contributed by atoms with E-state index in [1.165, 1.54) is 31.1 Å². The zero-order chi connectivity index (χ0) is 20.1. The number of rotatable bonds is 5. The Kier molecular flexibility index (Phi) is 5.70. The second-order valence-corrected chi connectivity index (χ2v) is 7.28. The Morgan fingerprint density at radius 1 is 0.931 bits per heavy atom. The first-order valence-electron chi connectivity index (χ1n) is 10.00. The molecule has 2 aromatic carbocycles. The molecular formula is C23H25N5O. The average Bonchev–Trinajstić information content (AvgIpc) is 2.77. The molecular weight excluding hydrogens is 362 g/mol. The number of nitrogens with one attached hydrogen (secondary N) is 2. The number of benzene rings is 2. The summed E-state index contributed by atoms with van der Waals surface area (Å²) < 4.78 is 0. The van der Waals surface area contributed by atoms with Gasteiger partial charge in [0, 0.05) is 30.2 Å². The van der Waals surface area contributed by atoms with Gasteiger partial charge in [0.15, 0.2) is 0 Å². The fourth-order valence-corrected chi connectivity index (χ4v) is 3.46. The summed E-state index contributed by atoms with van der Waals surface area (Å²) in [7, 11) is 0. The SMILES string of the molecule is Cc1ccccc1Nc1cnc(C(=O)Nc2ccc(N3CCCCC3)cc2)cn1. The molecule has 29 heavy (non-hydrogen) atoms. The predicted octanol–water partition coefficient (Wildman–Crippen LogP) is 4.77. The van der Waals surface area contributed by atoms with Crippen molar-refractivity contribution in [2.24, 2.45) is 0 Å². The third kappa shape index (κ3) is 4.71. The summed E-state index contributed by atoms with van der Waals surface area (Å²) in [6, 6.07) is 15.9. The number of piperidine rings is 1. The minimum Gasteiger partial charge on any atom is -0.372 e. The van der Waals surface area contributed by atoms with Crippen LogP contribution in [-0.4, -0.2) is 29.0 Å². The van der Waals surface area contributed by atoms with Gasteiger partial charge >= 0.3 is 0 Å². The molecule has 1 aliphatic rings. The topological polar surface area (TPSA) is 70.2 Å². The summed E-state index contributed by atoms with van der Waals surface area (Å²) in [5, 5.41) is 6.10. The molecule has 0 bridgehead atoms. The standard InChI is InChI=1S/C23H25N5O/c1-17-7-3-4-8-20(17)27-22-16-24-21(15-25-22)23(29)26-18-9-11-19(12-10-18)28-13-5-2-6-14-28/h3-4,7-12,15-16H,2,5-6,13-14H2,1H3,(H,25,27)(H,26,29). The normalized spacial score (nSPS) is 13.8. The van der Waals surface area contributed by atoms with Gasteiger partial charge in [0.1, 0.15) is 11.5 Å². The van der Waals surface area contributed by atoms with Crippen molar-refractivity contribution in [3.05, 3.63) is 72.2 Å². The van der Waals surface area contributed by atoms with E-state index in [4.69, 9.17) is 0 Å². The molecule has 0 radical (unpaired) electrons. The van der Waals surface area contributed by atoms with Crippen LogP contribution in [0.15, 0.2) is 60.9 Å². The molecule has 3 aromatic rings. The van der Waals surface area contributed by atoms with E-state index in [2.05, 4.69) is 37.6 Å². The summed E-state index contributed by atoms with van der Waals surface area (Å²) in [5.41, 5.74) is 4.31. The first-order chi connectivity index (χ1) is 14.2. The third-order valence-electron chi connectivity index (χ3n) is 5.14. The Hall–Kier alpha value is -3.41. The summed E-state index contributed by atoms with van der Waals surface area (Å²) >= 11 is 0. The number of amides is 1. The van der Waals surface area contributed by atoms with Crippen molar-refractivity contribution in [1.29, 1.82) is 0 Å². The number of aryl methyl sites for hydroxylation is 1. The molecule has 0 spiro atoms. The molecule has 0 unspecified atom stereocenters. The van der Waals surface area contributed by atoms with Crippen molar-refractivity contribution >= 4 is 28.8 Å². The lowest BCUT2D eigenvalue weighted by atomic mass is 10.1. The Balaban J connectivity index is 1.37. The van der Waals surface area contributed by atoms with E-state index >= 15 is 0 Å². The number of nitrogens with zero attached hydrogens (tertiary/aromatic N) is 3. The van der Waals surface area contributed by atoms with Crippen LogP contribution >= 0.6 is 0 Å². The van der Waals surface area contributed by atoms with Crippen LogP contribution in [0.5, 0.6) is 0 Å². The summed E-state index contributed by atoms with van der Waals surface area (Å²) in [6.45, 7) is 4.22. The summed E-state index contributed by atoms with van der Waals surface area (Å²) in [6.07, 6.45) is 6.85. The number of aromatic nitrogens is 2. The van der Waals surface area contributed by atoms with Gasteiger partial charge in [-0.05, 0) is 62.1 Å². The molecule has 1 amide bonds. The van der Waals surface area contributed by atoms with Gasteiger partial charge in [-0.15, -0.1) is 0 Å². The molecule has 1 aliphatic heterocycles. The van der Waals surface area contributed by atoms with E-state index in [9.17, 15) is 4.79 Å². The van der Waals surface area contributed by atoms with Gasteiger partial charge in [-0.1, -0.05) is 18.2 Å². The molecule has 2 heterocycles. The second kappa shape index (κ2) is 8.73. The number of carbonyl (C=O) groups excluding carboxylic acids is 1. The van der Waals surface area contributed by atoms with Crippen molar-refractivity contribution in [2.45, 2.75) is 26.2 Å². The van der Waals surface area contributed by atoms with E-state index in [1.54, 1.807) is 6.20 Å². The van der Waals surface area contributed by atoms with Crippen molar-refractivity contribution in [3.63, 3.8) is 0 Å². The van der Waals surface area contributed by atoms with Gasteiger partial charge in [0.25, 0.3) is 5.91 Å². The molecule has 0 saturated carbocycles. The van der Waals surface area contributed by atoms with Crippen LogP contribution in [0.1, 0.15) is 35.3 Å². The van der Waals surface area contributed by atoms with Crippen LogP contribution < -0.4 is 15.5 Å². The Labute approximate surface area is 171 Å². The maximum absolute atomic E-state index is 12.5. The minimum atomic E-state index is -0.273.